The van der Waals surface area contributed by atoms with Crippen LogP contribution >= 0.6 is 11.8 Å². The molecule has 1 fully saturated rings. The van der Waals surface area contributed by atoms with Crippen LogP contribution in [0.25, 0.3) is 0 Å². The normalized spacial score (nSPS) is 27.3. The number of hydrogen-bond acceptors (Lipinski definition) is 3. The maximum absolute atomic E-state index is 8.98. The van der Waals surface area contributed by atoms with Crippen LogP contribution in [0, 0.1) is 0 Å². The predicted octanol–water partition coefficient (Wildman–Crippen LogP) is 0.852. The molecule has 1 aliphatic heterocycles. The molecule has 1 aliphatic rings. The quantitative estimate of drug-likeness (QED) is 0.664. The van der Waals surface area contributed by atoms with Crippen LogP contribution in [0.5, 0.6) is 0 Å². The average Bonchev–Trinajstić information content (AvgIpc) is 2.39. The van der Waals surface area contributed by atoms with Crippen LogP contribution in [0.4, 0.5) is 0 Å². The second kappa shape index (κ2) is 5.01. The van der Waals surface area contributed by atoms with Gasteiger partial charge in [0.2, 0.25) is 0 Å². The van der Waals surface area contributed by atoms with Gasteiger partial charge in [-0.2, -0.15) is 11.8 Å². The van der Waals surface area contributed by atoms with E-state index in [2.05, 4.69) is 5.32 Å². The third-order valence-electron chi connectivity index (χ3n) is 1.92. The van der Waals surface area contributed by atoms with Gasteiger partial charge >= 0.3 is 0 Å². The highest BCUT2D eigenvalue weighted by atomic mass is 32.2. The fourth-order valence-corrected chi connectivity index (χ4v) is 2.38. The first-order valence-electron chi connectivity index (χ1n) is 4.28. The molecule has 0 radical (unpaired) electrons. The lowest BCUT2D eigenvalue weighted by atomic mass is 10.2. The van der Waals surface area contributed by atoms with E-state index in [9.17, 15) is 0 Å². The zero-order chi connectivity index (χ0) is 8.10. The van der Waals surface area contributed by atoms with Crippen molar-refractivity contribution >= 4 is 11.8 Å². The first kappa shape index (κ1) is 9.36. The van der Waals surface area contributed by atoms with Crippen LogP contribution in [-0.2, 0) is 0 Å². The fourth-order valence-electron chi connectivity index (χ4n) is 1.19. The summed E-state index contributed by atoms with van der Waals surface area (Å²) in [5.74, 6) is 2.55. The van der Waals surface area contributed by atoms with Gasteiger partial charge in [-0.3, -0.25) is 0 Å². The van der Waals surface area contributed by atoms with E-state index in [4.69, 9.17) is 5.11 Å². The molecule has 3 heteroatoms. The summed E-state index contributed by atoms with van der Waals surface area (Å²) in [7, 11) is 0. The Hall–Kier alpha value is 0.270. The van der Waals surface area contributed by atoms with Crippen LogP contribution in [0.2, 0.25) is 0 Å². The monoisotopic (exact) mass is 175 g/mol. The van der Waals surface area contributed by atoms with Gasteiger partial charge in [-0.25, -0.2) is 0 Å². The summed E-state index contributed by atoms with van der Waals surface area (Å²) in [5, 5.41) is 12.4. The van der Waals surface area contributed by atoms with E-state index >= 15 is 0 Å². The molecule has 0 aliphatic carbocycles. The highest BCUT2D eigenvalue weighted by Crippen LogP contribution is 2.16. The van der Waals surface area contributed by atoms with Crippen molar-refractivity contribution < 1.29 is 5.11 Å². The van der Waals surface area contributed by atoms with E-state index in [0.717, 1.165) is 13.0 Å². The highest BCUT2D eigenvalue weighted by molar-refractivity contribution is 7.99. The van der Waals surface area contributed by atoms with E-state index in [1.165, 1.54) is 17.9 Å². The molecule has 0 aromatic carbocycles. The molecule has 0 unspecified atom stereocenters. The van der Waals surface area contributed by atoms with E-state index in [1.54, 1.807) is 0 Å². The molecule has 0 amide bonds. The van der Waals surface area contributed by atoms with Crippen LogP contribution in [-0.4, -0.2) is 35.3 Å². The summed E-state index contributed by atoms with van der Waals surface area (Å²) in [6.45, 7) is 2.80. The van der Waals surface area contributed by atoms with Crippen molar-refractivity contribution in [1.82, 2.24) is 5.32 Å². The average molecular weight is 175 g/mol. The van der Waals surface area contributed by atoms with Crippen LogP contribution < -0.4 is 5.32 Å². The van der Waals surface area contributed by atoms with Crippen molar-refractivity contribution in [3.8, 4) is 0 Å². The third-order valence-corrected chi connectivity index (χ3v) is 3.09. The number of hydrogen-bond donors (Lipinski definition) is 2. The molecular formula is C8H17NOS. The maximum atomic E-state index is 8.98. The molecule has 0 saturated carbocycles. The Morgan fingerprint density at radius 3 is 3.09 bits per heavy atom. The topological polar surface area (TPSA) is 32.3 Å². The number of aliphatic hydroxyl groups is 1. The number of aliphatic hydroxyl groups excluding tert-OH is 1. The van der Waals surface area contributed by atoms with Gasteiger partial charge in [0.05, 0.1) is 6.10 Å². The Morgan fingerprint density at radius 1 is 1.73 bits per heavy atom. The van der Waals surface area contributed by atoms with Gasteiger partial charge < -0.3 is 10.4 Å². The lowest BCUT2D eigenvalue weighted by molar-refractivity contribution is 0.182. The minimum atomic E-state index is -0.156. The molecule has 0 spiro atoms. The lowest BCUT2D eigenvalue weighted by Crippen LogP contribution is -2.30. The van der Waals surface area contributed by atoms with E-state index < -0.39 is 0 Å². The molecule has 66 valence electrons. The SMILES string of the molecule is C[C@H](O)CCN[C@@H]1CCSC1. The molecule has 1 rings (SSSR count). The third kappa shape index (κ3) is 3.99. The van der Waals surface area contributed by atoms with Crippen molar-refractivity contribution in [2.75, 3.05) is 18.1 Å². The van der Waals surface area contributed by atoms with Gasteiger partial charge in [0.15, 0.2) is 0 Å². The molecule has 0 aromatic heterocycles. The summed E-state index contributed by atoms with van der Waals surface area (Å²) >= 11 is 2.02. The second-order valence-electron chi connectivity index (χ2n) is 3.15. The Balaban J connectivity index is 1.94. The molecule has 2 atom stereocenters. The van der Waals surface area contributed by atoms with Crippen LogP contribution in [0.1, 0.15) is 19.8 Å². The minimum Gasteiger partial charge on any atom is -0.393 e. The Labute approximate surface area is 72.8 Å². The van der Waals surface area contributed by atoms with Gasteiger partial charge in [0.1, 0.15) is 0 Å². The summed E-state index contributed by atoms with van der Waals surface area (Å²) in [5.41, 5.74) is 0. The van der Waals surface area contributed by atoms with Crippen molar-refractivity contribution in [2.24, 2.45) is 0 Å². The number of nitrogens with one attached hydrogen (secondary N) is 1. The van der Waals surface area contributed by atoms with E-state index in [0.29, 0.717) is 6.04 Å². The number of rotatable bonds is 4. The Kier molecular flexibility index (Phi) is 4.26. The van der Waals surface area contributed by atoms with Crippen LogP contribution in [0.3, 0.4) is 0 Å². The molecule has 11 heavy (non-hydrogen) atoms. The molecule has 0 bridgehead atoms. The van der Waals surface area contributed by atoms with Gasteiger partial charge in [-0.15, -0.1) is 0 Å². The Bertz CT molecular complexity index is 102. The molecular weight excluding hydrogens is 158 g/mol. The molecule has 2 nitrogen and oxygen atoms in total. The van der Waals surface area contributed by atoms with Gasteiger partial charge in [0.25, 0.3) is 0 Å². The van der Waals surface area contributed by atoms with E-state index in [1.807, 2.05) is 18.7 Å². The molecule has 1 saturated heterocycles. The lowest BCUT2D eigenvalue weighted by Gasteiger charge is -2.11. The molecule has 0 aromatic rings. The minimum absolute atomic E-state index is 0.156. The Morgan fingerprint density at radius 2 is 2.55 bits per heavy atom. The smallest absolute Gasteiger partial charge is 0.0524 e. The fraction of sp³-hybridized carbons (Fsp3) is 1.00. The van der Waals surface area contributed by atoms with E-state index in [-0.39, 0.29) is 6.10 Å². The molecule has 2 N–H and O–H groups in total. The van der Waals surface area contributed by atoms with Gasteiger partial charge in [0, 0.05) is 11.8 Å². The second-order valence-corrected chi connectivity index (χ2v) is 4.30. The first-order chi connectivity index (χ1) is 5.29. The standard InChI is InChI=1S/C8H17NOS/c1-7(10)2-4-9-8-3-5-11-6-8/h7-10H,2-6H2,1H3/t7-,8+/m0/s1. The zero-order valence-electron chi connectivity index (χ0n) is 7.05. The summed E-state index contributed by atoms with van der Waals surface area (Å²) in [4.78, 5) is 0. The van der Waals surface area contributed by atoms with Crippen molar-refractivity contribution in [2.45, 2.75) is 31.9 Å². The van der Waals surface area contributed by atoms with Gasteiger partial charge in [-0.05, 0) is 32.1 Å². The summed E-state index contributed by atoms with van der Waals surface area (Å²) in [6.07, 6.45) is 2.02. The van der Waals surface area contributed by atoms with Crippen molar-refractivity contribution in [3.63, 3.8) is 0 Å². The van der Waals surface area contributed by atoms with Crippen molar-refractivity contribution in [1.29, 1.82) is 0 Å². The highest BCUT2D eigenvalue weighted by Gasteiger charge is 2.13. The van der Waals surface area contributed by atoms with Crippen LogP contribution in [0.15, 0.2) is 0 Å². The molecule has 1 heterocycles. The van der Waals surface area contributed by atoms with Gasteiger partial charge in [-0.1, -0.05) is 0 Å². The predicted molar refractivity (Wildman–Crippen MR) is 50.0 cm³/mol. The first-order valence-corrected chi connectivity index (χ1v) is 5.43. The zero-order valence-corrected chi connectivity index (χ0v) is 7.86. The number of thioether (sulfide) groups is 1. The van der Waals surface area contributed by atoms with Crippen molar-refractivity contribution in [3.05, 3.63) is 0 Å². The largest absolute Gasteiger partial charge is 0.393 e. The summed E-state index contributed by atoms with van der Waals surface area (Å²) < 4.78 is 0. The maximum Gasteiger partial charge on any atom is 0.0524 e. The summed E-state index contributed by atoms with van der Waals surface area (Å²) in [6, 6.07) is 0.707.